The van der Waals surface area contributed by atoms with Crippen molar-refractivity contribution in [1.82, 2.24) is 5.32 Å². The summed E-state index contributed by atoms with van der Waals surface area (Å²) in [4.78, 5) is 2.52. The number of hydrogen-bond donors (Lipinski definition) is 1. The molecule has 19 heavy (non-hydrogen) atoms. The van der Waals surface area contributed by atoms with Gasteiger partial charge in [-0.2, -0.15) is 0 Å². The minimum Gasteiger partial charge on any atom is -0.371 e. The minimum absolute atomic E-state index is 0.499. The molecule has 0 aliphatic carbocycles. The monoisotopic (exact) mass is 280 g/mol. The summed E-state index contributed by atoms with van der Waals surface area (Å²) < 4.78 is 0. The predicted molar refractivity (Wildman–Crippen MR) is 84.1 cm³/mol. The van der Waals surface area contributed by atoms with Crippen molar-refractivity contribution in [2.45, 2.75) is 39.7 Å². The molecular weight excluding hydrogens is 256 g/mol. The van der Waals surface area contributed by atoms with Crippen molar-refractivity contribution in [3.63, 3.8) is 0 Å². The van der Waals surface area contributed by atoms with Crippen LogP contribution in [-0.2, 0) is 6.54 Å². The molecule has 1 fully saturated rings. The van der Waals surface area contributed by atoms with Crippen LogP contribution < -0.4 is 10.2 Å². The van der Waals surface area contributed by atoms with Gasteiger partial charge in [0, 0.05) is 35.9 Å². The Hall–Kier alpha value is -0.730. The van der Waals surface area contributed by atoms with Gasteiger partial charge in [-0.1, -0.05) is 31.5 Å². The van der Waals surface area contributed by atoms with E-state index in [-0.39, 0.29) is 0 Å². The van der Waals surface area contributed by atoms with Crippen LogP contribution in [0.5, 0.6) is 0 Å². The van der Waals surface area contributed by atoms with E-state index in [4.69, 9.17) is 11.6 Å². The van der Waals surface area contributed by atoms with Gasteiger partial charge in [0.25, 0.3) is 0 Å². The second kappa shape index (κ2) is 6.15. The molecule has 1 aliphatic rings. The molecule has 1 heterocycles. The number of benzene rings is 1. The third kappa shape index (κ3) is 2.90. The van der Waals surface area contributed by atoms with E-state index in [0.717, 1.165) is 24.7 Å². The number of halogens is 1. The van der Waals surface area contributed by atoms with E-state index in [1.54, 1.807) is 0 Å². The van der Waals surface area contributed by atoms with E-state index < -0.39 is 0 Å². The summed E-state index contributed by atoms with van der Waals surface area (Å²) in [5, 5.41) is 4.10. The highest BCUT2D eigenvalue weighted by Crippen LogP contribution is 2.40. The molecule has 3 heteroatoms. The smallest absolute Gasteiger partial charge is 0.0471 e. The van der Waals surface area contributed by atoms with Crippen LogP contribution in [0.2, 0.25) is 5.02 Å². The summed E-state index contributed by atoms with van der Waals surface area (Å²) in [5.41, 5.74) is 3.04. The minimum atomic E-state index is 0.499. The Labute approximate surface area is 122 Å². The van der Waals surface area contributed by atoms with Crippen molar-refractivity contribution in [3.05, 3.63) is 28.8 Å². The van der Waals surface area contributed by atoms with Gasteiger partial charge in [0.2, 0.25) is 0 Å². The predicted octanol–water partition coefficient (Wildman–Crippen LogP) is 4.08. The second-order valence-corrected chi connectivity index (χ2v) is 6.05. The first-order valence-corrected chi connectivity index (χ1v) is 7.70. The van der Waals surface area contributed by atoms with Crippen molar-refractivity contribution in [1.29, 1.82) is 0 Å². The van der Waals surface area contributed by atoms with E-state index in [2.05, 4.69) is 36.2 Å². The number of rotatable bonds is 5. The highest BCUT2D eigenvalue weighted by Gasteiger charge is 2.35. The Morgan fingerprint density at radius 3 is 2.63 bits per heavy atom. The summed E-state index contributed by atoms with van der Waals surface area (Å²) in [5.74, 6) is 0. The van der Waals surface area contributed by atoms with Gasteiger partial charge in [0.05, 0.1) is 0 Å². The van der Waals surface area contributed by atoms with Crippen molar-refractivity contribution in [3.8, 4) is 0 Å². The van der Waals surface area contributed by atoms with Gasteiger partial charge in [0.15, 0.2) is 0 Å². The molecule has 2 rings (SSSR count). The molecule has 0 saturated carbocycles. The molecule has 106 valence electrons. The van der Waals surface area contributed by atoms with Crippen LogP contribution in [0.25, 0.3) is 0 Å². The van der Waals surface area contributed by atoms with Crippen LogP contribution in [0, 0.1) is 5.41 Å². The lowest BCUT2D eigenvalue weighted by molar-refractivity contribution is 0.301. The number of hydrogen-bond acceptors (Lipinski definition) is 2. The van der Waals surface area contributed by atoms with Crippen molar-refractivity contribution >= 4 is 17.3 Å². The zero-order valence-electron chi connectivity index (χ0n) is 12.3. The molecule has 1 N–H and O–H groups in total. The van der Waals surface area contributed by atoms with Gasteiger partial charge < -0.3 is 10.2 Å². The fraction of sp³-hybridized carbons (Fsp3) is 0.625. The van der Waals surface area contributed by atoms with Crippen LogP contribution >= 0.6 is 11.6 Å². The largest absolute Gasteiger partial charge is 0.371 e. The summed E-state index contributed by atoms with van der Waals surface area (Å²) in [7, 11) is 1.97. The molecule has 1 aromatic rings. The number of anilines is 1. The topological polar surface area (TPSA) is 15.3 Å². The maximum absolute atomic E-state index is 6.36. The van der Waals surface area contributed by atoms with Gasteiger partial charge in [-0.05, 0) is 43.9 Å². The molecular formula is C16H25ClN2. The van der Waals surface area contributed by atoms with Gasteiger partial charge in [0.1, 0.15) is 0 Å². The van der Waals surface area contributed by atoms with E-state index >= 15 is 0 Å². The molecule has 1 saturated heterocycles. The average Bonchev–Trinajstić information content (AvgIpc) is 2.86. The van der Waals surface area contributed by atoms with Crippen molar-refractivity contribution in [2.24, 2.45) is 5.41 Å². The standard InChI is InChI=1S/C16H25ClN2/c1-4-16(5-2)9-10-19(12-16)15-8-6-7-14(17)13(15)11-18-3/h6-8,18H,4-5,9-12H2,1-3H3. The summed E-state index contributed by atoms with van der Waals surface area (Å²) >= 11 is 6.36. The normalized spacial score (nSPS) is 18.0. The highest BCUT2D eigenvalue weighted by atomic mass is 35.5. The van der Waals surface area contributed by atoms with Gasteiger partial charge in [-0.25, -0.2) is 0 Å². The van der Waals surface area contributed by atoms with E-state index in [0.29, 0.717) is 5.41 Å². The molecule has 0 atom stereocenters. The van der Waals surface area contributed by atoms with E-state index in [1.165, 1.54) is 30.5 Å². The number of nitrogens with one attached hydrogen (secondary N) is 1. The van der Waals surface area contributed by atoms with Crippen molar-refractivity contribution in [2.75, 3.05) is 25.0 Å². The first-order valence-electron chi connectivity index (χ1n) is 7.32. The van der Waals surface area contributed by atoms with Gasteiger partial charge >= 0.3 is 0 Å². The number of nitrogens with zero attached hydrogens (tertiary/aromatic N) is 1. The lowest BCUT2D eigenvalue weighted by Crippen LogP contribution is -2.27. The molecule has 0 spiro atoms. The lowest BCUT2D eigenvalue weighted by Gasteiger charge is -2.28. The molecule has 0 aromatic heterocycles. The first kappa shape index (κ1) is 14.7. The molecule has 0 bridgehead atoms. The third-order valence-corrected chi connectivity index (χ3v) is 5.08. The first-order chi connectivity index (χ1) is 9.15. The molecule has 1 aromatic carbocycles. The maximum atomic E-state index is 6.36. The Morgan fingerprint density at radius 2 is 2.05 bits per heavy atom. The quantitative estimate of drug-likeness (QED) is 0.874. The van der Waals surface area contributed by atoms with Crippen molar-refractivity contribution < 1.29 is 0 Å². The Kier molecular flexibility index (Phi) is 4.75. The second-order valence-electron chi connectivity index (χ2n) is 5.65. The zero-order chi connectivity index (χ0) is 13.9. The van der Waals surface area contributed by atoms with Crippen LogP contribution in [0.15, 0.2) is 18.2 Å². The average molecular weight is 281 g/mol. The fourth-order valence-electron chi connectivity index (χ4n) is 3.16. The molecule has 1 aliphatic heterocycles. The molecule has 2 nitrogen and oxygen atoms in total. The van der Waals surface area contributed by atoms with Crippen LogP contribution in [-0.4, -0.2) is 20.1 Å². The van der Waals surface area contributed by atoms with Crippen LogP contribution in [0.1, 0.15) is 38.7 Å². The molecule has 0 amide bonds. The Morgan fingerprint density at radius 1 is 1.32 bits per heavy atom. The van der Waals surface area contributed by atoms with Gasteiger partial charge in [-0.15, -0.1) is 0 Å². The van der Waals surface area contributed by atoms with Gasteiger partial charge in [-0.3, -0.25) is 0 Å². The third-order valence-electron chi connectivity index (χ3n) is 4.73. The Balaban J connectivity index is 2.26. The summed E-state index contributed by atoms with van der Waals surface area (Å²) in [6, 6.07) is 6.26. The zero-order valence-corrected chi connectivity index (χ0v) is 13.1. The fourth-order valence-corrected chi connectivity index (χ4v) is 3.40. The van der Waals surface area contributed by atoms with E-state index in [1.807, 2.05) is 13.1 Å². The molecule has 0 radical (unpaired) electrons. The lowest BCUT2D eigenvalue weighted by atomic mass is 9.82. The highest BCUT2D eigenvalue weighted by molar-refractivity contribution is 6.31. The van der Waals surface area contributed by atoms with Crippen LogP contribution in [0.4, 0.5) is 5.69 Å². The maximum Gasteiger partial charge on any atom is 0.0471 e. The SMILES string of the molecule is CCC1(CC)CCN(c2cccc(Cl)c2CNC)C1. The molecule has 0 unspecified atom stereocenters. The van der Waals surface area contributed by atoms with Crippen LogP contribution in [0.3, 0.4) is 0 Å². The summed E-state index contributed by atoms with van der Waals surface area (Å²) in [6.07, 6.45) is 3.83. The Bertz CT molecular complexity index is 427. The van der Waals surface area contributed by atoms with E-state index in [9.17, 15) is 0 Å². The summed E-state index contributed by atoms with van der Waals surface area (Å²) in [6.45, 7) is 7.78.